The molecule has 2 N–H and O–H groups in total. The number of ether oxygens (including phenoxy) is 1. The van der Waals surface area contributed by atoms with E-state index >= 15 is 0 Å². The van der Waals surface area contributed by atoms with E-state index in [2.05, 4.69) is 35.5 Å². The summed E-state index contributed by atoms with van der Waals surface area (Å²) in [5, 5.41) is 9.13. The predicted octanol–water partition coefficient (Wildman–Crippen LogP) is 4.68. The molecule has 1 aromatic heterocycles. The van der Waals surface area contributed by atoms with Crippen molar-refractivity contribution in [1.82, 2.24) is 20.5 Å². The van der Waals surface area contributed by atoms with Crippen molar-refractivity contribution in [1.29, 1.82) is 0 Å². The number of nitrogens with zero attached hydrogens (tertiary/aromatic N) is 2. The van der Waals surface area contributed by atoms with Gasteiger partial charge < -0.3 is 20.3 Å². The molecule has 2 aromatic carbocycles. The molecule has 2 amide bonds. The summed E-state index contributed by atoms with van der Waals surface area (Å²) < 4.78 is 5.28. The maximum atomic E-state index is 12.8. The normalized spacial score (nSPS) is 10.9. The molecule has 202 valence electrons. The molecule has 3 rings (SSSR count). The highest BCUT2D eigenvalue weighted by atomic mass is 32.1. The number of carbonyl (C=O) groups is 3. The van der Waals surface area contributed by atoms with Gasteiger partial charge in [-0.3, -0.25) is 14.4 Å². The standard InChI is InChI=1S/C29H36N4O4S/c1-19(2)25-12-22(13-26(15-25)37-21(4)34)16-30-10-7-11-31-28(35)23-8-6-9-24(14-23)29(36)33(5)17-27-32-20(3)18-38-27/h6,8-9,12-15,18-19,30H,7,10-11,16-17H2,1-5H3,(H,31,35). The third kappa shape index (κ3) is 8.78. The van der Waals surface area contributed by atoms with E-state index in [9.17, 15) is 14.4 Å². The lowest BCUT2D eigenvalue weighted by Crippen LogP contribution is -2.28. The summed E-state index contributed by atoms with van der Waals surface area (Å²) in [6.07, 6.45) is 0.737. The van der Waals surface area contributed by atoms with Crippen molar-refractivity contribution < 1.29 is 19.1 Å². The number of esters is 1. The molecule has 1 heterocycles. The SMILES string of the molecule is CC(=O)Oc1cc(CNCCCNC(=O)c2cccc(C(=O)N(C)Cc3nc(C)cs3)c2)cc(C(C)C)c1. The van der Waals surface area contributed by atoms with Crippen LogP contribution in [0.15, 0.2) is 47.8 Å². The minimum absolute atomic E-state index is 0.157. The highest BCUT2D eigenvalue weighted by Gasteiger charge is 2.16. The maximum absolute atomic E-state index is 12.8. The Morgan fingerprint density at radius 2 is 1.84 bits per heavy atom. The van der Waals surface area contributed by atoms with Gasteiger partial charge in [0.15, 0.2) is 0 Å². The summed E-state index contributed by atoms with van der Waals surface area (Å²) in [4.78, 5) is 42.9. The lowest BCUT2D eigenvalue weighted by atomic mass is 10.0. The Balaban J connectivity index is 1.45. The first-order valence-electron chi connectivity index (χ1n) is 12.7. The van der Waals surface area contributed by atoms with Crippen LogP contribution in [0.2, 0.25) is 0 Å². The van der Waals surface area contributed by atoms with Gasteiger partial charge in [0, 0.05) is 49.3 Å². The molecule has 0 saturated carbocycles. The van der Waals surface area contributed by atoms with Gasteiger partial charge in [-0.1, -0.05) is 26.0 Å². The molecule has 0 aliphatic heterocycles. The zero-order valence-corrected chi connectivity index (χ0v) is 23.5. The summed E-state index contributed by atoms with van der Waals surface area (Å²) in [5.74, 6) is 0.158. The quantitative estimate of drug-likeness (QED) is 0.198. The molecular weight excluding hydrogens is 500 g/mol. The van der Waals surface area contributed by atoms with Crippen molar-refractivity contribution in [3.8, 4) is 5.75 Å². The fourth-order valence-electron chi connectivity index (χ4n) is 3.86. The van der Waals surface area contributed by atoms with E-state index < -0.39 is 0 Å². The Hall–Kier alpha value is -3.56. The minimum Gasteiger partial charge on any atom is -0.427 e. The van der Waals surface area contributed by atoms with Crippen molar-refractivity contribution in [2.24, 2.45) is 0 Å². The van der Waals surface area contributed by atoms with Gasteiger partial charge in [0.2, 0.25) is 0 Å². The number of aromatic nitrogens is 1. The van der Waals surface area contributed by atoms with Crippen LogP contribution in [0.1, 0.15) is 75.7 Å². The monoisotopic (exact) mass is 536 g/mol. The average molecular weight is 537 g/mol. The Morgan fingerprint density at radius 3 is 2.53 bits per heavy atom. The van der Waals surface area contributed by atoms with Gasteiger partial charge in [0.05, 0.1) is 6.54 Å². The molecule has 9 heteroatoms. The molecule has 3 aromatic rings. The smallest absolute Gasteiger partial charge is 0.308 e. The highest BCUT2D eigenvalue weighted by Crippen LogP contribution is 2.23. The Morgan fingerprint density at radius 1 is 1.08 bits per heavy atom. The van der Waals surface area contributed by atoms with Crippen LogP contribution in [-0.4, -0.2) is 47.8 Å². The lowest BCUT2D eigenvalue weighted by Gasteiger charge is -2.16. The van der Waals surface area contributed by atoms with Crippen LogP contribution >= 0.6 is 11.3 Å². The van der Waals surface area contributed by atoms with Crippen LogP contribution in [0.25, 0.3) is 0 Å². The lowest BCUT2D eigenvalue weighted by molar-refractivity contribution is -0.131. The molecule has 0 spiro atoms. The number of benzene rings is 2. The van der Waals surface area contributed by atoms with E-state index in [0.29, 0.717) is 49.0 Å². The van der Waals surface area contributed by atoms with Crippen LogP contribution in [0.5, 0.6) is 5.75 Å². The van der Waals surface area contributed by atoms with Crippen LogP contribution in [0.4, 0.5) is 0 Å². The minimum atomic E-state index is -0.340. The fourth-order valence-corrected chi connectivity index (χ4v) is 4.68. The van der Waals surface area contributed by atoms with Gasteiger partial charge in [-0.25, -0.2) is 4.98 Å². The highest BCUT2D eigenvalue weighted by molar-refractivity contribution is 7.09. The van der Waals surface area contributed by atoms with E-state index in [1.807, 2.05) is 24.4 Å². The topological polar surface area (TPSA) is 101 Å². The number of carbonyl (C=O) groups excluding carboxylic acids is 3. The van der Waals surface area contributed by atoms with Gasteiger partial charge in [0.25, 0.3) is 11.8 Å². The van der Waals surface area contributed by atoms with Crippen LogP contribution in [-0.2, 0) is 17.9 Å². The molecule has 0 radical (unpaired) electrons. The second-order valence-electron chi connectivity index (χ2n) is 9.57. The van der Waals surface area contributed by atoms with Gasteiger partial charge in [-0.15, -0.1) is 11.3 Å². The van der Waals surface area contributed by atoms with Crippen molar-refractivity contribution in [3.05, 3.63) is 80.8 Å². The molecule has 0 saturated heterocycles. The molecule has 0 fully saturated rings. The molecule has 38 heavy (non-hydrogen) atoms. The molecule has 0 aliphatic rings. The molecule has 8 nitrogen and oxygen atoms in total. The van der Waals surface area contributed by atoms with Crippen molar-refractivity contribution in [3.63, 3.8) is 0 Å². The summed E-state index contributed by atoms with van der Waals surface area (Å²) in [7, 11) is 1.73. The molecule has 0 bridgehead atoms. The van der Waals surface area contributed by atoms with Crippen molar-refractivity contribution in [2.75, 3.05) is 20.1 Å². The van der Waals surface area contributed by atoms with Gasteiger partial charge in [-0.05, 0) is 67.3 Å². The van der Waals surface area contributed by atoms with Crippen molar-refractivity contribution >= 4 is 29.1 Å². The summed E-state index contributed by atoms with van der Waals surface area (Å²) in [5.41, 5.74) is 4.00. The number of thiazole rings is 1. The number of hydrogen-bond donors (Lipinski definition) is 2. The average Bonchev–Trinajstić information content (AvgIpc) is 3.29. The summed E-state index contributed by atoms with van der Waals surface area (Å²) >= 11 is 1.52. The van der Waals surface area contributed by atoms with E-state index in [1.165, 1.54) is 18.3 Å². The van der Waals surface area contributed by atoms with Gasteiger partial charge in [0.1, 0.15) is 10.8 Å². The summed E-state index contributed by atoms with van der Waals surface area (Å²) in [6.45, 7) is 9.77. The maximum Gasteiger partial charge on any atom is 0.308 e. The number of hydrogen-bond acceptors (Lipinski definition) is 7. The van der Waals surface area contributed by atoms with E-state index in [0.717, 1.165) is 28.2 Å². The number of nitrogens with one attached hydrogen (secondary N) is 2. The number of amides is 2. The first-order valence-corrected chi connectivity index (χ1v) is 13.6. The molecular formula is C29H36N4O4S. The zero-order valence-electron chi connectivity index (χ0n) is 22.7. The number of aryl methyl sites for hydroxylation is 1. The predicted molar refractivity (Wildman–Crippen MR) is 150 cm³/mol. The first-order chi connectivity index (χ1) is 18.1. The van der Waals surface area contributed by atoms with Crippen LogP contribution in [0, 0.1) is 6.92 Å². The Labute approximate surface area is 228 Å². The molecule has 0 atom stereocenters. The Bertz CT molecular complexity index is 1270. The zero-order chi connectivity index (χ0) is 27.7. The second kappa shape index (κ2) is 13.8. The second-order valence-corrected chi connectivity index (χ2v) is 10.5. The van der Waals surface area contributed by atoms with E-state index in [1.54, 1.807) is 36.2 Å². The van der Waals surface area contributed by atoms with E-state index in [-0.39, 0.29) is 17.8 Å². The van der Waals surface area contributed by atoms with E-state index in [4.69, 9.17) is 4.74 Å². The fraction of sp³-hybridized carbons (Fsp3) is 0.379. The molecule has 0 aliphatic carbocycles. The van der Waals surface area contributed by atoms with Crippen molar-refractivity contribution in [2.45, 2.75) is 53.1 Å². The third-order valence-electron chi connectivity index (χ3n) is 5.82. The van der Waals surface area contributed by atoms with Crippen LogP contribution in [0.3, 0.4) is 0 Å². The van der Waals surface area contributed by atoms with Gasteiger partial charge in [-0.2, -0.15) is 0 Å². The van der Waals surface area contributed by atoms with Crippen LogP contribution < -0.4 is 15.4 Å². The third-order valence-corrected chi connectivity index (χ3v) is 6.77. The Kier molecular flexibility index (Phi) is 10.6. The largest absolute Gasteiger partial charge is 0.427 e. The van der Waals surface area contributed by atoms with Gasteiger partial charge >= 0.3 is 5.97 Å². The summed E-state index contributed by atoms with van der Waals surface area (Å²) in [6, 6.07) is 12.6. The number of rotatable bonds is 12. The first kappa shape index (κ1) is 29.0. The molecule has 0 unspecified atom stereocenters.